The van der Waals surface area contributed by atoms with E-state index >= 15 is 0 Å². The third kappa shape index (κ3) is 4.92. The Bertz CT molecular complexity index is 378. The zero-order valence-corrected chi connectivity index (χ0v) is 14.5. The molecule has 0 bridgehead atoms. The summed E-state index contributed by atoms with van der Waals surface area (Å²) >= 11 is 0. The summed E-state index contributed by atoms with van der Waals surface area (Å²) in [4.78, 5) is 10.5. The molecule has 0 saturated carbocycles. The first-order valence-electron chi connectivity index (χ1n) is 7.89. The molecule has 0 aromatic carbocycles. The van der Waals surface area contributed by atoms with Crippen LogP contribution in [0, 0.1) is 12.8 Å². The maximum atomic E-state index is 14.2. The molecule has 122 valence electrons. The molecule has 3 atom stereocenters. The Kier molecular flexibility index (Phi) is 8.40. The lowest BCUT2D eigenvalue weighted by atomic mass is 9.82. The van der Waals surface area contributed by atoms with E-state index in [9.17, 15) is 4.39 Å². The van der Waals surface area contributed by atoms with Crippen LogP contribution in [0.25, 0.3) is 0 Å². The van der Waals surface area contributed by atoms with Gasteiger partial charge in [0.05, 0.1) is 6.04 Å². The van der Waals surface area contributed by atoms with Crippen LogP contribution in [0.2, 0.25) is 0 Å². The van der Waals surface area contributed by atoms with Gasteiger partial charge >= 0.3 is 0 Å². The predicted molar refractivity (Wildman–Crippen MR) is 88.3 cm³/mol. The Morgan fingerprint density at radius 2 is 1.67 bits per heavy atom. The maximum absolute atomic E-state index is 14.2. The lowest BCUT2D eigenvalue weighted by Gasteiger charge is -2.43. The molecule has 5 heteroatoms. The quantitative estimate of drug-likeness (QED) is 0.864. The van der Waals surface area contributed by atoms with Crippen LogP contribution in [0.3, 0.4) is 0 Å². The fourth-order valence-electron chi connectivity index (χ4n) is 2.08. The van der Waals surface area contributed by atoms with E-state index in [1.54, 1.807) is 19.3 Å². The first-order chi connectivity index (χ1) is 9.91. The Morgan fingerprint density at radius 3 is 2.10 bits per heavy atom. The number of nitrogens with zero attached hydrogens (tertiary/aromatic N) is 3. The predicted octanol–water partition coefficient (Wildman–Crippen LogP) is 3.35. The van der Waals surface area contributed by atoms with Crippen molar-refractivity contribution in [2.75, 3.05) is 18.0 Å². The first-order valence-corrected chi connectivity index (χ1v) is 7.89. The number of rotatable bonds is 1. The highest BCUT2D eigenvalue weighted by Crippen LogP contribution is 2.31. The molecular formula is C16H31FN4. The summed E-state index contributed by atoms with van der Waals surface area (Å²) in [5.74, 6) is 0.504. The minimum absolute atomic E-state index is 0.129. The van der Waals surface area contributed by atoms with Gasteiger partial charge in [-0.1, -0.05) is 34.6 Å². The highest BCUT2D eigenvalue weighted by molar-refractivity contribution is 5.32. The number of aryl methyl sites for hydroxylation is 1. The van der Waals surface area contributed by atoms with Gasteiger partial charge in [-0.15, -0.1) is 0 Å². The number of alkyl halides is 1. The molecule has 0 spiro atoms. The average Bonchev–Trinajstić information content (AvgIpc) is 2.50. The van der Waals surface area contributed by atoms with E-state index in [0.29, 0.717) is 19.0 Å². The average molecular weight is 298 g/mol. The van der Waals surface area contributed by atoms with Crippen molar-refractivity contribution >= 4 is 5.95 Å². The summed E-state index contributed by atoms with van der Waals surface area (Å²) < 4.78 is 14.2. The molecular weight excluding hydrogens is 267 g/mol. The van der Waals surface area contributed by atoms with Crippen LogP contribution in [0.4, 0.5) is 10.3 Å². The monoisotopic (exact) mass is 298 g/mol. The summed E-state index contributed by atoms with van der Waals surface area (Å²) in [5, 5.41) is 0. The van der Waals surface area contributed by atoms with Crippen molar-refractivity contribution in [2.45, 2.75) is 60.2 Å². The van der Waals surface area contributed by atoms with E-state index in [2.05, 4.69) is 9.97 Å². The molecule has 0 aliphatic carbocycles. The normalized spacial score (nSPS) is 28.0. The molecule has 2 rings (SSSR count). The van der Waals surface area contributed by atoms with E-state index in [4.69, 9.17) is 5.73 Å². The van der Waals surface area contributed by atoms with Crippen LogP contribution in [0.5, 0.6) is 0 Å². The molecule has 1 fully saturated rings. The smallest absolute Gasteiger partial charge is 0.225 e. The number of anilines is 1. The zero-order valence-electron chi connectivity index (χ0n) is 14.5. The second-order valence-corrected chi connectivity index (χ2v) is 5.12. The van der Waals surface area contributed by atoms with Gasteiger partial charge in [-0.2, -0.15) is 0 Å². The van der Waals surface area contributed by atoms with Crippen molar-refractivity contribution in [3.63, 3.8) is 0 Å². The highest BCUT2D eigenvalue weighted by Gasteiger charge is 2.43. The largest absolute Gasteiger partial charge is 0.339 e. The first kappa shape index (κ1) is 19.8. The summed E-state index contributed by atoms with van der Waals surface area (Å²) in [5.41, 5.74) is 5.58. The van der Waals surface area contributed by atoms with Gasteiger partial charge in [-0.3, -0.25) is 0 Å². The number of piperidine rings is 1. The van der Waals surface area contributed by atoms with E-state index < -0.39 is 11.7 Å². The third-order valence-corrected chi connectivity index (χ3v) is 3.65. The maximum Gasteiger partial charge on any atom is 0.225 e. The molecule has 1 aliphatic heterocycles. The topological polar surface area (TPSA) is 55.0 Å². The van der Waals surface area contributed by atoms with Crippen LogP contribution in [0.15, 0.2) is 12.4 Å². The second kappa shape index (κ2) is 8.93. The summed E-state index contributed by atoms with van der Waals surface area (Å²) in [6.45, 7) is 14.5. The number of halogens is 1. The number of hydrogen-bond acceptors (Lipinski definition) is 4. The molecule has 4 nitrogen and oxygen atoms in total. The molecule has 1 aromatic heterocycles. The van der Waals surface area contributed by atoms with E-state index in [0.717, 1.165) is 5.56 Å². The van der Waals surface area contributed by atoms with Gasteiger partial charge in [0.25, 0.3) is 0 Å². The Labute approximate surface area is 129 Å². The SMILES string of the molecule is CC.CC.Cc1cnc(N2CC(N)C(C)(F)[C@H](C)C2)nc1. The summed E-state index contributed by atoms with van der Waals surface area (Å²) in [6, 6.07) is -0.504. The standard InChI is InChI=1S/C12H19FN4.2C2H6/c1-8-4-15-11(16-5-8)17-6-9(2)12(3,13)10(14)7-17;2*1-2/h4-5,9-10H,6-7,14H2,1-3H3;2*1-2H3/t9-,10?,12?;;/m1../s1. The van der Waals surface area contributed by atoms with E-state index in [-0.39, 0.29) is 5.92 Å². The van der Waals surface area contributed by atoms with Crippen molar-refractivity contribution in [2.24, 2.45) is 11.7 Å². The Hall–Kier alpha value is -1.23. The minimum Gasteiger partial charge on any atom is -0.339 e. The van der Waals surface area contributed by atoms with Crippen molar-refractivity contribution in [3.8, 4) is 0 Å². The molecule has 21 heavy (non-hydrogen) atoms. The Morgan fingerprint density at radius 1 is 1.19 bits per heavy atom. The lowest BCUT2D eigenvalue weighted by molar-refractivity contribution is 0.0660. The van der Waals surface area contributed by atoms with Crippen molar-refractivity contribution in [1.29, 1.82) is 0 Å². The van der Waals surface area contributed by atoms with Gasteiger partial charge in [0.2, 0.25) is 5.95 Å². The van der Waals surface area contributed by atoms with Crippen LogP contribution >= 0.6 is 0 Å². The van der Waals surface area contributed by atoms with Gasteiger partial charge in [0, 0.05) is 31.4 Å². The fraction of sp³-hybridized carbons (Fsp3) is 0.750. The minimum atomic E-state index is -1.32. The summed E-state index contributed by atoms with van der Waals surface area (Å²) in [6.07, 6.45) is 3.53. The lowest BCUT2D eigenvalue weighted by Crippen LogP contribution is -2.60. The molecule has 1 saturated heterocycles. The second-order valence-electron chi connectivity index (χ2n) is 5.12. The van der Waals surface area contributed by atoms with Crippen molar-refractivity contribution < 1.29 is 4.39 Å². The van der Waals surface area contributed by atoms with Gasteiger partial charge in [0.15, 0.2) is 0 Å². The molecule has 0 radical (unpaired) electrons. The summed E-state index contributed by atoms with van der Waals surface area (Å²) in [7, 11) is 0. The van der Waals surface area contributed by atoms with Crippen molar-refractivity contribution in [1.82, 2.24) is 9.97 Å². The van der Waals surface area contributed by atoms with Gasteiger partial charge < -0.3 is 10.6 Å². The van der Waals surface area contributed by atoms with Crippen molar-refractivity contribution in [3.05, 3.63) is 18.0 Å². The molecule has 0 amide bonds. The molecule has 2 unspecified atom stereocenters. The van der Waals surface area contributed by atoms with Crippen LogP contribution < -0.4 is 10.6 Å². The number of hydrogen-bond donors (Lipinski definition) is 1. The van der Waals surface area contributed by atoms with Gasteiger partial charge in [-0.05, 0) is 19.4 Å². The van der Waals surface area contributed by atoms with Crippen LogP contribution in [0.1, 0.15) is 47.1 Å². The van der Waals surface area contributed by atoms with Crippen LogP contribution in [-0.4, -0.2) is 34.8 Å². The van der Waals surface area contributed by atoms with E-state index in [1.165, 1.54) is 0 Å². The Balaban J connectivity index is 0.000000921. The van der Waals surface area contributed by atoms with Gasteiger partial charge in [0.1, 0.15) is 5.67 Å². The molecule has 2 heterocycles. The van der Waals surface area contributed by atoms with Gasteiger partial charge in [-0.25, -0.2) is 14.4 Å². The molecule has 1 aliphatic rings. The highest BCUT2D eigenvalue weighted by atomic mass is 19.1. The number of aromatic nitrogens is 2. The number of nitrogens with two attached hydrogens (primary N) is 1. The zero-order chi connectivity index (χ0) is 16.6. The molecule has 2 N–H and O–H groups in total. The third-order valence-electron chi connectivity index (χ3n) is 3.65. The fourth-order valence-corrected chi connectivity index (χ4v) is 2.08. The molecule has 1 aromatic rings. The van der Waals surface area contributed by atoms with Crippen LogP contribution in [-0.2, 0) is 0 Å². The van der Waals surface area contributed by atoms with E-state index in [1.807, 2.05) is 46.4 Å².